The van der Waals surface area contributed by atoms with Gasteiger partial charge in [-0.05, 0) is 25.0 Å². The number of nitrogens with two attached hydrogens (primary N) is 1. The predicted molar refractivity (Wildman–Crippen MR) is 69.9 cm³/mol. The normalized spacial score (nSPS) is 15.1. The Hall–Kier alpha value is -1.31. The van der Waals surface area contributed by atoms with E-state index in [9.17, 15) is 13.2 Å². The minimum absolute atomic E-state index is 0.0610. The molecule has 1 aromatic rings. The molecule has 0 atom stereocenters. The predicted octanol–water partition coefficient (Wildman–Crippen LogP) is 0.888. The number of carbonyl (C=O) groups excluding carboxylic acids is 1. The summed E-state index contributed by atoms with van der Waals surface area (Å²) in [6, 6.07) is 2.64. The lowest BCUT2D eigenvalue weighted by atomic mass is 10.2. The van der Waals surface area contributed by atoms with Crippen molar-refractivity contribution in [3.8, 4) is 5.75 Å². The van der Waals surface area contributed by atoms with Crippen LogP contribution in [-0.4, -0.2) is 27.5 Å². The molecule has 1 aliphatic rings. The topological polar surface area (TPSA) is 98.5 Å². The van der Waals surface area contributed by atoms with E-state index in [1.807, 2.05) is 0 Å². The second-order valence-corrected chi connectivity index (χ2v) is 6.24. The van der Waals surface area contributed by atoms with Gasteiger partial charge in [0.2, 0.25) is 10.0 Å². The molecule has 0 unspecified atom stereocenters. The molecule has 1 amide bonds. The molecule has 0 radical (unpaired) electrons. The fourth-order valence-corrected chi connectivity index (χ4v) is 2.68. The van der Waals surface area contributed by atoms with Crippen LogP contribution in [0.4, 0.5) is 0 Å². The number of nitrogens with one attached hydrogen (secondary N) is 1. The zero-order chi connectivity index (χ0) is 14.2. The number of rotatable bonds is 4. The molecule has 0 heterocycles. The van der Waals surface area contributed by atoms with E-state index in [2.05, 4.69) is 5.32 Å². The van der Waals surface area contributed by atoms with Gasteiger partial charge in [0.25, 0.3) is 5.91 Å². The molecular weight excluding hydrogens is 292 g/mol. The molecule has 104 valence electrons. The number of ether oxygens (including phenoxy) is 1. The molecule has 0 spiro atoms. The number of hydrogen-bond donors (Lipinski definition) is 2. The third-order valence-electron chi connectivity index (χ3n) is 2.69. The van der Waals surface area contributed by atoms with Crippen molar-refractivity contribution in [1.82, 2.24) is 5.32 Å². The van der Waals surface area contributed by atoms with Gasteiger partial charge in [0.1, 0.15) is 4.90 Å². The number of carbonyl (C=O) groups is 1. The summed E-state index contributed by atoms with van der Waals surface area (Å²) >= 11 is 5.83. The lowest BCUT2D eigenvalue weighted by Gasteiger charge is -2.13. The zero-order valence-corrected chi connectivity index (χ0v) is 11.7. The van der Waals surface area contributed by atoms with E-state index in [1.54, 1.807) is 0 Å². The molecule has 0 aliphatic heterocycles. The van der Waals surface area contributed by atoms with E-state index in [0.717, 1.165) is 18.9 Å². The molecule has 19 heavy (non-hydrogen) atoms. The van der Waals surface area contributed by atoms with Crippen LogP contribution in [0.5, 0.6) is 5.75 Å². The van der Waals surface area contributed by atoms with Crippen LogP contribution in [0.15, 0.2) is 17.0 Å². The van der Waals surface area contributed by atoms with Gasteiger partial charge < -0.3 is 10.1 Å². The van der Waals surface area contributed by atoms with Crippen LogP contribution >= 0.6 is 11.6 Å². The van der Waals surface area contributed by atoms with E-state index in [4.69, 9.17) is 21.5 Å². The molecule has 2 rings (SSSR count). The van der Waals surface area contributed by atoms with Crippen molar-refractivity contribution in [2.45, 2.75) is 23.8 Å². The lowest BCUT2D eigenvalue weighted by molar-refractivity contribution is 0.0947. The first-order valence-corrected chi connectivity index (χ1v) is 7.46. The number of amides is 1. The first-order valence-electron chi connectivity index (χ1n) is 5.54. The summed E-state index contributed by atoms with van der Waals surface area (Å²) < 4.78 is 28.0. The molecule has 8 heteroatoms. The highest BCUT2D eigenvalue weighted by Crippen LogP contribution is 2.31. The van der Waals surface area contributed by atoms with Crippen molar-refractivity contribution >= 4 is 27.5 Å². The van der Waals surface area contributed by atoms with Crippen LogP contribution in [-0.2, 0) is 10.0 Å². The Labute approximate surface area is 115 Å². The van der Waals surface area contributed by atoms with E-state index < -0.39 is 15.9 Å². The quantitative estimate of drug-likeness (QED) is 0.863. The van der Waals surface area contributed by atoms with Crippen LogP contribution in [0.3, 0.4) is 0 Å². The standard InChI is InChI=1S/C11H13ClN2O4S/c1-18-10-8(11(15)14-7-2-3-7)4-6(12)5-9(10)19(13,16)17/h4-5,7H,2-3H2,1H3,(H,14,15)(H2,13,16,17). The Bertz CT molecular complexity index is 626. The van der Waals surface area contributed by atoms with E-state index in [-0.39, 0.29) is 27.3 Å². The first kappa shape index (κ1) is 14.1. The summed E-state index contributed by atoms with van der Waals surface area (Å²) in [7, 11) is -2.76. The third kappa shape index (κ3) is 3.17. The molecule has 1 saturated carbocycles. The van der Waals surface area contributed by atoms with Crippen molar-refractivity contribution in [1.29, 1.82) is 0 Å². The van der Waals surface area contributed by atoms with E-state index >= 15 is 0 Å². The zero-order valence-electron chi connectivity index (χ0n) is 10.1. The average molecular weight is 305 g/mol. The highest BCUT2D eigenvalue weighted by Gasteiger charge is 2.28. The minimum Gasteiger partial charge on any atom is -0.494 e. The molecule has 1 fully saturated rings. The molecule has 0 bridgehead atoms. The van der Waals surface area contributed by atoms with Crippen molar-refractivity contribution in [3.05, 3.63) is 22.7 Å². The van der Waals surface area contributed by atoms with Gasteiger partial charge in [0.15, 0.2) is 5.75 Å². The maximum atomic E-state index is 12.0. The smallest absolute Gasteiger partial charge is 0.255 e. The SMILES string of the molecule is COc1c(C(=O)NC2CC2)cc(Cl)cc1S(N)(=O)=O. The van der Waals surface area contributed by atoms with Crippen LogP contribution in [0.2, 0.25) is 5.02 Å². The number of sulfonamides is 1. The molecule has 1 aromatic carbocycles. The van der Waals surface area contributed by atoms with Gasteiger partial charge in [0, 0.05) is 11.1 Å². The van der Waals surface area contributed by atoms with Crippen LogP contribution in [0.25, 0.3) is 0 Å². The van der Waals surface area contributed by atoms with Gasteiger partial charge in [-0.15, -0.1) is 0 Å². The molecule has 3 N–H and O–H groups in total. The monoisotopic (exact) mass is 304 g/mol. The van der Waals surface area contributed by atoms with Crippen molar-refractivity contribution in [2.24, 2.45) is 5.14 Å². The van der Waals surface area contributed by atoms with Gasteiger partial charge in [-0.3, -0.25) is 4.79 Å². The van der Waals surface area contributed by atoms with E-state index in [0.29, 0.717) is 0 Å². The van der Waals surface area contributed by atoms with Gasteiger partial charge in [-0.2, -0.15) is 0 Å². The van der Waals surface area contributed by atoms with E-state index in [1.165, 1.54) is 13.2 Å². The van der Waals surface area contributed by atoms with Gasteiger partial charge in [0.05, 0.1) is 12.7 Å². The number of hydrogen-bond acceptors (Lipinski definition) is 4. The molecule has 6 nitrogen and oxygen atoms in total. The molecule has 1 aliphatic carbocycles. The number of benzene rings is 1. The van der Waals surface area contributed by atoms with Crippen molar-refractivity contribution in [3.63, 3.8) is 0 Å². The summed E-state index contributed by atoms with van der Waals surface area (Å²) in [5.74, 6) is -0.517. The summed E-state index contributed by atoms with van der Waals surface area (Å²) in [6.45, 7) is 0. The fraction of sp³-hybridized carbons (Fsp3) is 0.364. The van der Waals surface area contributed by atoms with Crippen molar-refractivity contribution < 1.29 is 17.9 Å². The van der Waals surface area contributed by atoms with Crippen LogP contribution in [0.1, 0.15) is 23.2 Å². The lowest BCUT2D eigenvalue weighted by Crippen LogP contribution is -2.26. The summed E-state index contributed by atoms with van der Waals surface area (Å²) in [4.78, 5) is 11.7. The van der Waals surface area contributed by atoms with Crippen LogP contribution in [0, 0.1) is 0 Å². The second kappa shape index (κ2) is 4.99. The summed E-state index contributed by atoms with van der Waals surface area (Å²) in [5, 5.41) is 7.93. The van der Waals surface area contributed by atoms with Crippen LogP contribution < -0.4 is 15.2 Å². The van der Waals surface area contributed by atoms with Gasteiger partial charge in [-0.1, -0.05) is 11.6 Å². The number of primary sulfonamides is 1. The number of halogens is 1. The highest BCUT2D eigenvalue weighted by atomic mass is 35.5. The Balaban J connectivity index is 2.52. The Morgan fingerprint density at radius 3 is 2.58 bits per heavy atom. The maximum absolute atomic E-state index is 12.0. The van der Waals surface area contributed by atoms with Crippen molar-refractivity contribution in [2.75, 3.05) is 7.11 Å². The molecule has 0 aromatic heterocycles. The Morgan fingerprint density at radius 2 is 2.11 bits per heavy atom. The molecular formula is C11H13ClN2O4S. The molecule has 0 saturated heterocycles. The third-order valence-corrected chi connectivity index (χ3v) is 3.82. The Kier molecular flexibility index (Phi) is 3.71. The highest BCUT2D eigenvalue weighted by molar-refractivity contribution is 7.89. The Morgan fingerprint density at radius 1 is 1.47 bits per heavy atom. The largest absolute Gasteiger partial charge is 0.494 e. The number of methoxy groups -OCH3 is 1. The van der Waals surface area contributed by atoms with Gasteiger partial charge >= 0.3 is 0 Å². The average Bonchev–Trinajstić information content (AvgIpc) is 3.10. The minimum atomic E-state index is -4.03. The van der Waals surface area contributed by atoms with Gasteiger partial charge in [-0.25, -0.2) is 13.6 Å². The maximum Gasteiger partial charge on any atom is 0.255 e. The summed E-state index contributed by atoms with van der Waals surface area (Å²) in [5.41, 5.74) is 0.0610. The fourth-order valence-electron chi connectivity index (χ4n) is 1.65. The second-order valence-electron chi connectivity index (χ2n) is 4.28. The first-order chi connectivity index (χ1) is 8.82. The summed E-state index contributed by atoms with van der Waals surface area (Å²) in [6.07, 6.45) is 1.83.